The molecule has 1 heterocycles. The lowest BCUT2D eigenvalue weighted by atomic mass is 10.0. The van der Waals surface area contributed by atoms with Crippen molar-refractivity contribution in [2.75, 3.05) is 26.7 Å². The lowest BCUT2D eigenvalue weighted by molar-refractivity contribution is -0.132. The molecular formula is C18H28F3IN4. The summed E-state index contributed by atoms with van der Waals surface area (Å²) in [6, 6.07) is 8.18. The van der Waals surface area contributed by atoms with Gasteiger partial charge in [-0.25, -0.2) is 0 Å². The Bertz CT molecular complexity index is 558. The number of aliphatic imine (C=N–C) groups is 1. The van der Waals surface area contributed by atoms with E-state index in [0.717, 1.165) is 25.2 Å². The fourth-order valence-electron chi connectivity index (χ4n) is 2.96. The molecule has 2 N–H and O–H groups in total. The van der Waals surface area contributed by atoms with Crippen LogP contribution in [-0.4, -0.2) is 43.7 Å². The largest absolute Gasteiger partial charge is 0.390 e. The van der Waals surface area contributed by atoms with Crippen LogP contribution in [0.15, 0.2) is 29.3 Å². The molecule has 0 saturated carbocycles. The van der Waals surface area contributed by atoms with E-state index in [2.05, 4.69) is 32.7 Å². The molecule has 2 rings (SSSR count). The Kier molecular flexibility index (Phi) is 10.3. The van der Waals surface area contributed by atoms with Crippen molar-refractivity contribution in [1.82, 2.24) is 15.5 Å². The highest BCUT2D eigenvalue weighted by molar-refractivity contribution is 14.0. The summed E-state index contributed by atoms with van der Waals surface area (Å²) in [6.07, 6.45) is -1.24. The molecule has 0 aromatic heterocycles. The molecule has 1 aliphatic rings. The summed E-state index contributed by atoms with van der Waals surface area (Å²) >= 11 is 0. The lowest BCUT2D eigenvalue weighted by Crippen LogP contribution is -2.38. The van der Waals surface area contributed by atoms with Gasteiger partial charge in [-0.1, -0.05) is 30.7 Å². The molecule has 1 aromatic rings. The predicted octanol–water partition coefficient (Wildman–Crippen LogP) is 3.91. The zero-order chi connectivity index (χ0) is 18.1. The topological polar surface area (TPSA) is 39.7 Å². The van der Waals surface area contributed by atoms with Crippen molar-refractivity contribution in [3.63, 3.8) is 0 Å². The van der Waals surface area contributed by atoms with Gasteiger partial charge in [0.15, 0.2) is 5.96 Å². The van der Waals surface area contributed by atoms with Crippen molar-refractivity contribution in [3.05, 3.63) is 35.4 Å². The highest BCUT2D eigenvalue weighted by Crippen LogP contribution is 2.18. The van der Waals surface area contributed by atoms with E-state index in [4.69, 9.17) is 0 Å². The molecule has 4 nitrogen and oxygen atoms in total. The van der Waals surface area contributed by atoms with Gasteiger partial charge in [-0.3, -0.25) is 9.89 Å². The number of benzene rings is 1. The Morgan fingerprint density at radius 3 is 2.35 bits per heavy atom. The zero-order valence-electron chi connectivity index (χ0n) is 15.1. The number of alkyl halides is 3. The van der Waals surface area contributed by atoms with E-state index in [1.54, 1.807) is 7.05 Å². The maximum Gasteiger partial charge on any atom is 0.390 e. The van der Waals surface area contributed by atoms with E-state index < -0.39 is 12.6 Å². The normalized spacial score (nSPS) is 16.1. The number of hydrogen-bond acceptors (Lipinski definition) is 2. The average molecular weight is 484 g/mol. The number of nitrogens with zero attached hydrogens (tertiary/aromatic N) is 2. The Balaban J connectivity index is 0.00000338. The predicted molar refractivity (Wildman–Crippen MR) is 110 cm³/mol. The molecular weight excluding hydrogens is 456 g/mol. The first-order valence-electron chi connectivity index (χ1n) is 8.78. The molecule has 0 atom stereocenters. The van der Waals surface area contributed by atoms with E-state index >= 15 is 0 Å². The van der Waals surface area contributed by atoms with Gasteiger partial charge in [-0.2, -0.15) is 13.2 Å². The molecule has 1 fully saturated rings. The fraction of sp³-hybridized carbons (Fsp3) is 0.611. The summed E-state index contributed by atoms with van der Waals surface area (Å²) in [7, 11) is 1.56. The minimum Gasteiger partial charge on any atom is -0.356 e. The maximum absolute atomic E-state index is 12.2. The molecule has 1 aromatic carbocycles. The first kappa shape index (κ1) is 23.0. The number of halogens is 4. The highest BCUT2D eigenvalue weighted by Gasteiger charge is 2.26. The van der Waals surface area contributed by atoms with E-state index in [9.17, 15) is 13.2 Å². The second-order valence-corrected chi connectivity index (χ2v) is 6.32. The van der Waals surface area contributed by atoms with Crippen LogP contribution in [0.4, 0.5) is 13.2 Å². The average Bonchev–Trinajstić information content (AvgIpc) is 2.59. The Morgan fingerprint density at radius 2 is 1.73 bits per heavy atom. The standard InChI is InChI=1S/C18H27F3N4.HI/c1-22-17(23-10-9-18(19,20)21)24-13-15-7-3-4-8-16(15)14-25-11-5-2-6-12-25;/h3-4,7-8H,2,5-6,9-14H2,1H3,(H2,22,23,24);1H. The van der Waals surface area contributed by atoms with E-state index in [1.807, 2.05) is 12.1 Å². The second-order valence-electron chi connectivity index (χ2n) is 6.32. The molecule has 0 aliphatic carbocycles. The van der Waals surface area contributed by atoms with Crippen LogP contribution in [-0.2, 0) is 13.1 Å². The van der Waals surface area contributed by atoms with Crippen molar-refractivity contribution in [3.8, 4) is 0 Å². The molecule has 0 spiro atoms. The van der Waals surface area contributed by atoms with Crippen LogP contribution in [0.3, 0.4) is 0 Å². The first-order chi connectivity index (χ1) is 12.0. The molecule has 1 saturated heterocycles. The summed E-state index contributed by atoms with van der Waals surface area (Å²) in [5, 5.41) is 5.81. The van der Waals surface area contributed by atoms with Gasteiger partial charge in [0.2, 0.25) is 0 Å². The maximum atomic E-state index is 12.2. The van der Waals surface area contributed by atoms with Crippen LogP contribution in [0.5, 0.6) is 0 Å². The van der Waals surface area contributed by atoms with Gasteiger partial charge in [0.1, 0.15) is 0 Å². The third-order valence-corrected chi connectivity index (χ3v) is 4.33. The molecule has 1 aliphatic heterocycles. The van der Waals surface area contributed by atoms with Gasteiger partial charge in [0.05, 0.1) is 6.42 Å². The van der Waals surface area contributed by atoms with E-state index in [1.165, 1.54) is 24.8 Å². The Morgan fingerprint density at radius 1 is 1.08 bits per heavy atom. The molecule has 26 heavy (non-hydrogen) atoms. The van der Waals surface area contributed by atoms with Gasteiger partial charge in [-0.15, -0.1) is 24.0 Å². The lowest BCUT2D eigenvalue weighted by Gasteiger charge is -2.27. The summed E-state index contributed by atoms with van der Waals surface area (Å²) in [5.41, 5.74) is 2.40. The van der Waals surface area contributed by atoms with Gasteiger partial charge in [0.25, 0.3) is 0 Å². The second kappa shape index (κ2) is 11.6. The van der Waals surface area contributed by atoms with Crippen LogP contribution in [0.25, 0.3) is 0 Å². The van der Waals surface area contributed by atoms with Crippen LogP contribution in [0.1, 0.15) is 36.8 Å². The van der Waals surface area contributed by atoms with Gasteiger partial charge in [-0.05, 0) is 37.1 Å². The monoisotopic (exact) mass is 484 g/mol. The highest BCUT2D eigenvalue weighted by atomic mass is 127. The zero-order valence-corrected chi connectivity index (χ0v) is 17.4. The molecule has 8 heteroatoms. The summed E-state index contributed by atoms with van der Waals surface area (Å²) in [6.45, 7) is 3.52. The minimum atomic E-state index is -4.16. The summed E-state index contributed by atoms with van der Waals surface area (Å²) < 4.78 is 36.7. The van der Waals surface area contributed by atoms with Crippen molar-refractivity contribution >= 4 is 29.9 Å². The third kappa shape index (κ3) is 8.57. The third-order valence-electron chi connectivity index (χ3n) is 4.33. The minimum absolute atomic E-state index is 0. The van der Waals surface area contributed by atoms with Crippen LogP contribution >= 0.6 is 24.0 Å². The first-order valence-corrected chi connectivity index (χ1v) is 8.78. The molecule has 0 radical (unpaired) electrons. The van der Waals surface area contributed by atoms with Gasteiger partial charge < -0.3 is 10.6 Å². The Labute approximate surface area is 170 Å². The van der Waals surface area contributed by atoms with Crippen LogP contribution < -0.4 is 10.6 Å². The number of likely N-dealkylation sites (tertiary alicyclic amines) is 1. The number of piperidine rings is 1. The van der Waals surface area contributed by atoms with Crippen LogP contribution in [0, 0.1) is 0 Å². The van der Waals surface area contributed by atoms with Crippen LogP contribution in [0.2, 0.25) is 0 Å². The molecule has 0 amide bonds. The summed E-state index contributed by atoms with van der Waals surface area (Å²) in [5.74, 6) is 0.386. The SMILES string of the molecule is CN=C(NCCC(F)(F)F)NCc1ccccc1CN1CCCCC1.I. The number of nitrogens with one attached hydrogen (secondary N) is 2. The van der Waals surface area contributed by atoms with Crippen molar-refractivity contribution < 1.29 is 13.2 Å². The van der Waals surface area contributed by atoms with Crippen molar-refractivity contribution in [1.29, 1.82) is 0 Å². The molecule has 0 bridgehead atoms. The number of rotatable bonds is 6. The molecule has 0 unspecified atom stereocenters. The number of hydrogen-bond donors (Lipinski definition) is 2. The van der Waals surface area contributed by atoms with E-state index in [-0.39, 0.29) is 30.5 Å². The van der Waals surface area contributed by atoms with Gasteiger partial charge in [0, 0.05) is 26.7 Å². The summed E-state index contributed by atoms with van der Waals surface area (Å²) in [4.78, 5) is 6.44. The van der Waals surface area contributed by atoms with Crippen molar-refractivity contribution in [2.24, 2.45) is 4.99 Å². The smallest absolute Gasteiger partial charge is 0.356 e. The van der Waals surface area contributed by atoms with Crippen molar-refractivity contribution in [2.45, 2.75) is 44.9 Å². The van der Waals surface area contributed by atoms with E-state index in [0.29, 0.717) is 12.5 Å². The Hall–Kier alpha value is -1.03. The van der Waals surface area contributed by atoms with Gasteiger partial charge >= 0.3 is 6.18 Å². The number of guanidine groups is 1. The molecule has 148 valence electrons. The fourth-order valence-corrected chi connectivity index (χ4v) is 2.96. The quantitative estimate of drug-likeness (QED) is 0.366.